The van der Waals surface area contributed by atoms with Crippen LogP contribution >= 0.6 is 0 Å². The van der Waals surface area contributed by atoms with E-state index in [9.17, 15) is 5.11 Å². The van der Waals surface area contributed by atoms with Gasteiger partial charge in [0.15, 0.2) is 0 Å². The van der Waals surface area contributed by atoms with Crippen molar-refractivity contribution in [2.75, 3.05) is 20.8 Å². The Morgan fingerprint density at radius 2 is 1.50 bits per heavy atom. The number of ether oxygens (including phenoxy) is 2. The minimum absolute atomic E-state index is 0.0549. The van der Waals surface area contributed by atoms with Crippen molar-refractivity contribution in [1.82, 2.24) is 0 Å². The van der Waals surface area contributed by atoms with Gasteiger partial charge in [0.2, 0.25) is 8.32 Å². The van der Waals surface area contributed by atoms with Gasteiger partial charge < -0.3 is 19.0 Å². The molecule has 0 unspecified atom stereocenters. The van der Waals surface area contributed by atoms with Crippen LogP contribution in [0.2, 0.25) is 16.6 Å². The smallest absolute Gasteiger partial charge is 0.200 e. The molecule has 1 rings (SSSR count). The molecule has 1 N–H and O–H groups in total. The second-order valence-electron chi connectivity index (χ2n) is 7.96. The minimum Gasteiger partial charge on any atom is -0.497 e. The number of aryl methyl sites for hydroxylation is 1. The zero-order valence-electron chi connectivity index (χ0n) is 17.8. The van der Waals surface area contributed by atoms with Gasteiger partial charge >= 0.3 is 0 Å². The molecule has 0 aliphatic carbocycles. The van der Waals surface area contributed by atoms with E-state index in [4.69, 9.17) is 13.9 Å². The predicted octanol–water partition coefficient (Wildman–Crippen LogP) is 5.19. The molecular formula is C21H38O4Si. The van der Waals surface area contributed by atoms with Crippen LogP contribution in [0.3, 0.4) is 0 Å². The molecule has 0 aromatic heterocycles. The van der Waals surface area contributed by atoms with Gasteiger partial charge in [0, 0.05) is 6.07 Å². The molecule has 0 saturated heterocycles. The summed E-state index contributed by atoms with van der Waals surface area (Å²) in [5.74, 6) is 1.60. The Balaban J connectivity index is 2.93. The average molecular weight is 383 g/mol. The van der Waals surface area contributed by atoms with E-state index in [1.54, 1.807) is 14.2 Å². The van der Waals surface area contributed by atoms with Crippen LogP contribution in [0.1, 0.15) is 53.5 Å². The highest BCUT2D eigenvalue weighted by molar-refractivity contribution is 6.77. The Kier molecular flexibility index (Phi) is 9.14. The molecule has 0 bridgehead atoms. The van der Waals surface area contributed by atoms with Crippen molar-refractivity contribution in [3.63, 3.8) is 0 Å². The van der Waals surface area contributed by atoms with Crippen molar-refractivity contribution in [3.05, 3.63) is 23.8 Å². The summed E-state index contributed by atoms with van der Waals surface area (Å²) in [6.07, 6.45) is 1.44. The Bertz CT molecular complexity index is 521. The summed E-state index contributed by atoms with van der Waals surface area (Å²) in [7, 11) is 1.33. The van der Waals surface area contributed by atoms with Gasteiger partial charge in [-0.25, -0.2) is 0 Å². The Morgan fingerprint density at radius 1 is 0.923 bits per heavy atom. The number of aliphatic hydroxyl groups is 1. The highest BCUT2D eigenvalue weighted by Gasteiger charge is 2.46. The Morgan fingerprint density at radius 3 is 1.92 bits per heavy atom. The molecule has 1 atom stereocenters. The molecule has 0 heterocycles. The molecule has 1 aromatic rings. The number of hydrogen-bond donors (Lipinski definition) is 1. The van der Waals surface area contributed by atoms with Gasteiger partial charge in [0.05, 0.1) is 26.9 Å². The van der Waals surface area contributed by atoms with E-state index >= 15 is 0 Å². The highest BCUT2D eigenvalue weighted by Crippen LogP contribution is 2.43. The van der Waals surface area contributed by atoms with E-state index in [-0.39, 0.29) is 12.7 Å². The van der Waals surface area contributed by atoms with Crippen molar-refractivity contribution < 1.29 is 19.0 Å². The topological polar surface area (TPSA) is 47.9 Å². The van der Waals surface area contributed by atoms with Crippen LogP contribution in [0.15, 0.2) is 18.2 Å². The van der Waals surface area contributed by atoms with Gasteiger partial charge in [0.25, 0.3) is 0 Å². The number of rotatable bonds is 11. The lowest BCUT2D eigenvalue weighted by Gasteiger charge is -2.44. The maximum atomic E-state index is 9.97. The van der Waals surface area contributed by atoms with E-state index in [0.717, 1.165) is 29.9 Å². The number of benzene rings is 1. The third kappa shape index (κ3) is 5.24. The molecule has 1 aromatic carbocycles. The van der Waals surface area contributed by atoms with Crippen LogP contribution in [0.5, 0.6) is 11.5 Å². The normalized spacial score (nSPS) is 13.5. The largest absolute Gasteiger partial charge is 0.497 e. The average Bonchev–Trinajstić information content (AvgIpc) is 2.60. The van der Waals surface area contributed by atoms with Crippen LogP contribution in [-0.2, 0) is 10.8 Å². The summed E-state index contributed by atoms with van der Waals surface area (Å²) >= 11 is 0. The van der Waals surface area contributed by atoms with Gasteiger partial charge in [-0.05, 0) is 41.1 Å². The minimum atomic E-state index is -2.00. The van der Waals surface area contributed by atoms with E-state index in [1.165, 1.54) is 0 Å². The molecule has 150 valence electrons. The molecule has 26 heavy (non-hydrogen) atoms. The summed E-state index contributed by atoms with van der Waals surface area (Å²) in [5, 5.41) is 9.97. The molecule has 0 radical (unpaired) electrons. The van der Waals surface area contributed by atoms with E-state index in [2.05, 4.69) is 41.5 Å². The predicted molar refractivity (Wildman–Crippen MR) is 111 cm³/mol. The molecule has 0 saturated carbocycles. The molecule has 0 aliphatic rings. The van der Waals surface area contributed by atoms with E-state index in [1.807, 2.05) is 18.2 Å². The molecule has 0 aliphatic heterocycles. The van der Waals surface area contributed by atoms with E-state index in [0.29, 0.717) is 16.6 Å². The van der Waals surface area contributed by atoms with Gasteiger partial charge in [-0.3, -0.25) is 0 Å². The molecule has 4 nitrogen and oxygen atoms in total. The first kappa shape index (κ1) is 23.0. The first-order chi connectivity index (χ1) is 12.2. The summed E-state index contributed by atoms with van der Waals surface area (Å²) in [6.45, 7) is 13.7. The van der Waals surface area contributed by atoms with Gasteiger partial charge in [-0.2, -0.15) is 0 Å². The number of hydrogen-bond acceptors (Lipinski definition) is 4. The number of methoxy groups -OCH3 is 2. The van der Waals surface area contributed by atoms with Crippen molar-refractivity contribution in [2.45, 2.75) is 77.1 Å². The van der Waals surface area contributed by atoms with Crippen LogP contribution in [0, 0.1) is 0 Å². The fourth-order valence-electron chi connectivity index (χ4n) is 4.26. The summed E-state index contributed by atoms with van der Waals surface area (Å²) in [5.41, 5.74) is 2.63. The third-order valence-corrected chi connectivity index (χ3v) is 11.7. The molecule has 0 spiro atoms. The molecular weight excluding hydrogens is 344 g/mol. The van der Waals surface area contributed by atoms with Crippen molar-refractivity contribution >= 4 is 8.32 Å². The van der Waals surface area contributed by atoms with Crippen LogP contribution < -0.4 is 9.47 Å². The zero-order valence-corrected chi connectivity index (χ0v) is 18.8. The summed E-state index contributed by atoms with van der Waals surface area (Å²) < 4.78 is 17.5. The quantitative estimate of drug-likeness (QED) is 0.535. The molecule has 0 fully saturated rings. The number of aliphatic hydroxyl groups excluding tert-OH is 1. The first-order valence-corrected chi connectivity index (χ1v) is 11.9. The fourth-order valence-corrected chi connectivity index (χ4v) is 9.85. The zero-order chi connectivity index (χ0) is 19.9. The lowest BCUT2D eigenvalue weighted by atomic mass is 10.1. The standard InChI is InChI=1S/C21H38O4Si/c1-15(2)26(16(3)4,17(5)6)25-20(14-22)12-10-18-9-11-19(23-7)13-21(18)24-8/h9,11,13,15-17,20,22H,10,12,14H2,1-8H3/t20-/m1/s1. The van der Waals surface area contributed by atoms with Crippen molar-refractivity contribution in [1.29, 1.82) is 0 Å². The third-order valence-electron chi connectivity index (χ3n) is 5.51. The van der Waals surface area contributed by atoms with Gasteiger partial charge in [-0.15, -0.1) is 0 Å². The van der Waals surface area contributed by atoms with Crippen molar-refractivity contribution in [2.24, 2.45) is 0 Å². The molecule has 0 amide bonds. The fraction of sp³-hybridized carbons (Fsp3) is 0.714. The SMILES string of the molecule is COc1ccc(CC[C@H](CO)O[Si](C(C)C)(C(C)C)C(C)C)c(OC)c1. The Hall–Kier alpha value is -1.04. The summed E-state index contributed by atoms with van der Waals surface area (Å²) in [4.78, 5) is 0. The second kappa shape index (κ2) is 10.3. The lowest BCUT2D eigenvalue weighted by Crippen LogP contribution is -2.51. The molecule has 5 heteroatoms. The van der Waals surface area contributed by atoms with Crippen molar-refractivity contribution in [3.8, 4) is 11.5 Å². The lowest BCUT2D eigenvalue weighted by molar-refractivity contribution is 0.0921. The van der Waals surface area contributed by atoms with Crippen LogP contribution in [-0.4, -0.2) is 40.4 Å². The monoisotopic (exact) mass is 382 g/mol. The van der Waals surface area contributed by atoms with Crippen LogP contribution in [0.4, 0.5) is 0 Å². The summed E-state index contributed by atoms with van der Waals surface area (Å²) in [6, 6.07) is 5.88. The second-order valence-corrected chi connectivity index (χ2v) is 13.4. The Labute approximate surface area is 161 Å². The maximum absolute atomic E-state index is 9.97. The maximum Gasteiger partial charge on any atom is 0.200 e. The van der Waals surface area contributed by atoms with E-state index < -0.39 is 8.32 Å². The first-order valence-electron chi connectivity index (χ1n) is 9.72. The van der Waals surface area contributed by atoms with Gasteiger partial charge in [0.1, 0.15) is 11.5 Å². The highest BCUT2D eigenvalue weighted by atomic mass is 28.4. The van der Waals surface area contributed by atoms with Gasteiger partial charge in [-0.1, -0.05) is 47.6 Å². The van der Waals surface area contributed by atoms with Crippen LogP contribution in [0.25, 0.3) is 0 Å².